The van der Waals surface area contributed by atoms with E-state index >= 15 is 0 Å². The van der Waals surface area contributed by atoms with Crippen LogP contribution in [0.25, 0.3) is 0 Å². The zero-order valence-electron chi connectivity index (χ0n) is 10.5. The molecule has 106 valence electrons. The molecule has 0 aromatic rings. The van der Waals surface area contributed by atoms with Crippen LogP contribution in [0.5, 0.6) is 0 Å². The molecule has 0 radical (unpaired) electrons. The lowest BCUT2D eigenvalue weighted by Crippen LogP contribution is -2.49. The number of nitrogens with zero attached hydrogens (tertiary/aromatic N) is 2. The Morgan fingerprint density at radius 2 is 1.89 bits per heavy atom. The van der Waals surface area contributed by atoms with Gasteiger partial charge in [-0.15, -0.1) is 0 Å². The second kappa shape index (κ2) is 7.03. The number of sulfonamides is 1. The fraction of sp³-hybridized carbons (Fsp3) is 0.900. The number of hydrogen-bond donors (Lipinski definition) is 1. The van der Waals surface area contributed by atoms with E-state index in [1.165, 1.54) is 11.4 Å². The number of carbonyl (C=O) groups is 1. The third kappa shape index (κ3) is 4.89. The minimum Gasteiger partial charge on any atom is -0.481 e. The molecule has 1 aliphatic heterocycles. The van der Waals surface area contributed by atoms with Crippen LogP contribution in [0.1, 0.15) is 6.42 Å². The van der Waals surface area contributed by atoms with E-state index in [0.717, 1.165) is 0 Å². The quantitative estimate of drug-likeness (QED) is 0.647. The number of methoxy groups -OCH3 is 1. The van der Waals surface area contributed by atoms with Gasteiger partial charge in [0.25, 0.3) is 0 Å². The number of rotatable bonds is 7. The molecule has 7 nitrogen and oxygen atoms in total. The van der Waals surface area contributed by atoms with Crippen LogP contribution < -0.4 is 0 Å². The Labute approximate surface area is 107 Å². The smallest absolute Gasteiger partial charge is 0.304 e. The molecule has 1 rings (SSSR count). The van der Waals surface area contributed by atoms with Crippen molar-refractivity contribution in [3.63, 3.8) is 0 Å². The summed E-state index contributed by atoms with van der Waals surface area (Å²) in [7, 11) is -1.76. The van der Waals surface area contributed by atoms with Crippen LogP contribution in [-0.4, -0.2) is 80.9 Å². The summed E-state index contributed by atoms with van der Waals surface area (Å²) >= 11 is 0. The van der Waals surface area contributed by atoms with Gasteiger partial charge in [-0.05, 0) is 0 Å². The first-order valence-electron chi connectivity index (χ1n) is 5.86. The average Bonchev–Trinajstić information content (AvgIpc) is 2.34. The van der Waals surface area contributed by atoms with E-state index in [9.17, 15) is 13.2 Å². The van der Waals surface area contributed by atoms with Crippen LogP contribution in [0.3, 0.4) is 0 Å². The van der Waals surface area contributed by atoms with Gasteiger partial charge in [-0.2, -0.15) is 4.31 Å². The molecule has 1 aliphatic rings. The molecule has 1 N–H and O–H groups in total. The molecule has 0 bridgehead atoms. The van der Waals surface area contributed by atoms with Crippen molar-refractivity contribution in [2.45, 2.75) is 6.42 Å². The fourth-order valence-corrected chi connectivity index (χ4v) is 3.16. The number of aliphatic carboxylic acids is 1. The zero-order chi connectivity index (χ0) is 13.6. The summed E-state index contributed by atoms with van der Waals surface area (Å²) in [5.41, 5.74) is 0. The first-order chi connectivity index (χ1) is 8.45. The highest BCUT2D eigenvalue weighted by Gasteiger charge is 2.26. The van der Waals surface area contributed by atoms with Crippen molar-refractivity contribution < 1.29 is 23.1 Å². The molecule has 1 heterocycles. The molecular formula is C10H20N2O5S. The number of carboxylic acid groups (broad SMARTS) is 1. The van der Waals surface area contributed by atoms with E-state index < -0.39 is 16.0 Å². The summed E-state index contributed by atoms with van der Waals surface area (Å²) in [6.07, 6.45) is 0.0937. The summed E-state index contributed by atoms with van der Waals surface area (Å²) in [6.45, 7) is 2.68. The van der Waals surface area contributed by atoms with Gasteiger partial charge in [0.2, 0.25) is 10.0 Å². The maximum absolute atomic E-state index is 11.9. The Morgan fingerprint density at radius 3 is 2.39 bits per heavy atom. The minimum absolute atomic E-state index is 0.00136. The second-order valence-corrected chi connectivity index (χ2v) is 6.28. The van der Waals surface area contributed by atoms with E-state index in [0.29, 0.717) is 32.7 Å². The lowest BCUT2D eigenvalue weighted by Gasteiger charge is -2.33. The Morgan fingerprint density at radius 1 is 1.28 bits per heavy atom. The molecule has 0 saturated carbocycles. The predicted octanol–water partition coefficient (Wildman–Crippen LogP) is -0.945. The highest BCUT2D eigenvalue weighted by molar-refractivity contribution is 7.89. The number of hydrogen-bond acceptors (Lipinski definition) is 5. The third-order valence-electron chi connectivity index (χ3n) is 2.91. The first kappa shape index (κ1) is 15.4. The zero-order valence-corrected chi connectivity index (χ0v) is 11.4. The lowest BCUT2D eigenvalue weighted by atomic mass is 10.3. The number of carboxylic acids is 1. The Hall–Kier alpha value is -0.700. The first-order valence-corrected chi connectivity index (χ1v) is 7.47. The van der Waals surface area contributed by atoms with Crippen molar-refractivity contribution in [3.8, 4) is 0 Å². The molecule has 8 heteroatoms. The van der Waals surface area contributed by atoms with E-state index in [2.05, 4.69) is 0 Å². The number of piperazine rings is 1. The van der Waals surface area contributed by atoms with Gasteiger partial charge in [0.1, 0.15) is 0 Å². The predicted molar refractivity (Wildman–Crippen MR) is 65.9 cm³/mol. The largest absolute Gasteiger partial charge is 0.481 e. The van der Waals surface area contributed by atoms with E-state index in [-0.39, 0.29) is 18.8 Å². The van der Waals surface area contributed by atoms with Gasteiger partial charge in [0.15, 0.2) is 0 Å². The summed E-state index contributed by atoms with van der Waals surface area (Å²) < 4.78 is 29.9. The number of ether oxygens (including phenoxy) is 1. The van der Waals surface area contributed by atoms with Gasteiger partial charge in [0, 0.05) is 39.8 Å². The van der Waals surface area contributed by atoms with Crippen LogP contribution in [0.4, 0.5) is 0 Å². The summed E-state index contributed by atoms with van der Waals surface area (Å²) in [6, 6.07) is 0. The van der Waals surface area contributed by atoms with Gasteiger partial charge < -0.3 is 14.7 Å². The SMILES string of the molecule is COCCS(=O)(=O)N1CCN(CCC(=O)O)CC1. The Kier molecular flexibility index (Phi) is 6.00. The molecule has 0 aromatic heterocycles. The summed E-state index contributed by atoms with van der Waals surface area (Å²) in [5, 5.41) is 8.58. The van der Waals surface area contributed by atoms with Crippen LogP contribution in [0.2, 0.25) is 0 Å². The van der Waals surface area contributed by atoms with Crippen molar-refractivity contribution in [1.29, 1.82) is 0 Å². The van der Waals surface area contributed by atoms with Crippen molar-refractivity contribution in [3.05, 3.63) is 0 Å². The van der Waals surface area contributed by atoms with Gasteiger partial charge >= 0.3 is 5.97 Å². The van der Waals surface area contributed by atoms with Crippen molar-refractivity contribution in [1.82, 2.24) is 9.21 Å². The Bertz CT molecular complexity index is 362. The van der Waals surface area contributed by atoms with Crippen LogP contribution in [-0.2, 0) is 19.6 Å². The maximum Gasteiger partial charge on any atom is 0.304 e. The Balaban J connectivity index is 2.36. The van der Waals surface area contributed by atoms with E-state index in [1.807, 2.05) is 4.90 Å². The fourth-order valence-electron chi connectivity index (χ4n) is 1.80. The summed E-state index contributed by atoms with van der Waals surface area (Å²) in [5.74, 6) is -0.830. The molecule has 18 heavy (non-hydrogen) atoms. The van der Waals surface area contributed by atoms with Crippen LogP contribution in [0, 0.1) is 0 Å². The van der Waals surface area contributed by atoms with Gasteiger partial charge in [-0.3, -0.25) is 4.79 Å². The molecule has 1 fully saturated rings. The summed E-state index contributed by atoms with van der Waals surface area (Å²) in [4.78, 5) is 12.4. The van der Waals surface area contributed by atoms with Gasteiger partial charge in [-0.25, -0.2) is 8.42 Å². The van der Waals surface area contributed by atoms with E-state index in [4.69, 9.17) is 9.84 Å². The normalized spacial score (nSPS) is 18.9. The molecule has 0 unspecified atom stereocenters. The van der Waals surface area contributed by atoms with Crippen molar-refractivity contribution in [2.24, 2.45) is 0 Å². The maximum atomic E-state index is 11.9. The van der Waals surface area contributed by atoms with E-state index in [1.54, 1.807) is 0 Å². The highest BCUT2D eigenvalue weighted by atomic mass is 32.2. The average molecular weight is 280 g/mol. The molecule has 0 spiro atoms. The van der Waals surface area contributed by atoms with Crippen LogP contribution >= 0.6 is 0 Å². The topological polar surface area (TPSA) is 87.2 Å². The second-order valence-electron chi connectivity index (χ2n) is 4.19. The third-order valence-corrected chi connectivity index (χ3v) is 4.75. The molecule has 0 amide bonds. The van der Waals surface area contributed by atoms with Gasteiger partial charge in [0.05, 0.1) is 18.8 Å². The molecule has 0 aromatic carbocycles. The monoisotopic (exact) mass is 280 g/mol. The molecule has 0 atom stereocenters. The highest BCUT2D eigenvalue weighted by Crippen LogP contribution is 2.08. The minimum atomic E-state index is -3.23. The van der Waals surface area contributed by atoms with Gasteiger partial charge in [-0.1, -0.05) is 0 Å². The molecule has 0 aliphatic carbocycles. The molecule has 1 saturated heterocycles. The van der Waals surface area contributed by atoms with Crippen LogP contribution in [0.15, 0.2) is 0 Å². The lowest BCUT2D eigenvalue weighted by molar-refractivity contribution is -0.137. The standard InChI is InChI=1S/C10H20N2O5S/c1-17-8-9-18(15,16)12-6-4-11(5-7-12)3-2-10(13)14/h2-9H2,1H3,(H,13,14). The molecular weight excluding hydrogens is 260 g/mol. The van der Waals surface area contributed by atoms with Crippen molar-refractivity contribution >= 4 is 16.0 Å². The van der Waals surface area contributed by atoms with Crippen molar-refractivity contribution in [2.75, 3.05) is 52.2 Å².